The Morgan fingerprint density at radius 3 is 2.86 bits per heavy atom. The Hall–Kier alpha value is -2.60. The van der Waals surface area contributed by atoms with Crippen molar-refractivity contribution in [1.82, 2.24) is 14.6 Å². The van der Waals surface area contributed by atoms with Gasteiger partial charge >= 0.3 is 0 Å². The van der Waals surface area contributed by atoms with Gasteiger partial charge in [-0.1, -0.05) is 6.07 Å². The van der Waals surface area contributed by atoms with Crippen LogP contribution in [0.5, 0.6) is 17.4 Å². The first-order valence-corrected chi connectivity index (χ1v) is 6.48. The van der Waals surface area contributed by atoms with Gasteiger partial charge in [0.15, 0.2) is 11.5 Å². The van der Waals surface area contributed by atoms with Gasteiger partial charge in [-0.3, -0.25) is 0 Å². The first-order chi connectivity index (χ1) is 10.2. The quantitative estimate of drug-likeness (QED) is 0.796. The molecule has 0 aliphatic rings. The normalized spacial score (nSPS) is 10.8. The summed E-state index contributed by atoms with van der Waals surface area (Å²) in [7, 11) is 1.56. The number of hydrogen-bond acceptors (Lipinski definition) is 5. The number of ether oxygens (including phenoxy) is 2. The predicted molar refractivity (Wildman–Crippen MR) is 76.7 cm³/mol. The fourth-order valence-electron chi connectivity index (χ4n) is 2.10. The molecule has 6 nitrogen and oxygen atoms in total. The van der Waals surface area contributed by atoms with Crippen LogP contribution in [0.4, 0.5) is 0 Å². The summed E-state index contributed by atoms with van der Waals surface area (Å²) in [4.78, 5) is 4.25. The van der Waals surface area contributed by atoms with Crippen LogP contribution in [-0.4, -0.2) is 26.8 Å². The van der Waals surface area contributed by atoms with Crippen LogP contribution in [0.25, 0.3) is 5.52 Å². The smallest absolute Gasteiger partial charge is 0.245 e. The zero-order valence-corrected chi connectivity index (χ0v) is 11.8. The summed E-state index contributed by atoms with van der Waals surface area (Å²) in [5, 5.41) is 13.5. The molecule has 3 rings (SSSR count). The number of aryl methyl sites for hydroxylation is 1. The second-order valence-electron chi connectivity index (χ2n) is 4.59. The minimum Gasteiger partial charge on any atom is -0.493 e. The van der Waals surface area contributed by atoms with Crippen LogP contribution in [0.2, 0.25) is 0 Å². The minimum atomic E-state index is -0.0493. The fourth-order valence-corrected chi connectivity index (χ4v) is 2.10. The van der Waals surface area contributed by atoms with Gasteiger partial charge in [0.05, 0.1) is 19.4 Å². The monoisotopic (exact) mass is 285 g/mol. The Morgan fingerprint density at radius 2 is 2.10 bits per heavy atom. The number of aliphatic hydroxyl groups excluding tert-OH is 1. The highest BCUT2D eigenvalue weighted by atomic mass is 16.5. The van der Waals surface area contributed by atoms with Gasteiger partial charge < -0.3 is 14.6 Å². The molecule has 3 aromatic rings. The van der Waals surface area contributed by atoms with Crippen molar-refractivity contribution in [3.63, 3.8) is 0 Å². The summed E-state index contributed by atoms with van der Waals surface area (Å²) >= 11 is 0. The van der Waals surface area contributed by atoms with Crippen LogP contribution in [0.1, 0.15) is 11.3 Å². The zero-order chi connectivity index (χ0) is 14.8. The molecule has 2 aromatic heterocycles. The molecule has 0 aliphatic heterocycles. The maximum absolute atomic E-state index is 9.16. The summed E-state index contributed by atoms with van der Waals surface area (Å²) in [5.41, 5.74) is 2.42. The van der Waals surface area contributed by atoms with Crippen LogP contribution >= 0.6 is 0 Å². The number of methoxy groups -OCH3 is 1. The van der Waals surface area contributed by atoms with Gasteiger partial charge in [0.1, 0.15) is 5.52 Å². The largest absolute Gasteiger partial charge is 0.493 e. The summed E-state index contributed by atoms with van der Waals surface area (Å²) < 4.78 is 12.9. The number of aromatic nitrogens is 3. The molecular weight excluding hydrogens is 270 g/mol. The Balaban J connectivity index is 2.02. The Morgan fingerprint density at radius 1 is 1.24 bits per heavy atom. The van der Waals surface area contributed by atoms with Gasteiger partial charge in [0, 0.05) is 12.4 Å². The highest BCUT2D eigenvalue weighted by molar-refractivity contribution is 5.58. The van der Waals surface area contributed by atoms with Crippen molar-refractivity contribution in [1.29, 1.82) is 0 Å². The van der Waals surface area contributed by atoms with Gasteiger partial charge in [-0.15, -0.1) is 0 Å². The molecule has 0 radical (unpaired) electrons. The third-order valence-electron chi connectivity index (χ3n) is 3.09. The standard InChI is InChI=1S/C15H15N3O3/c1-10-7-12-15(16-5-6-18(12)17-10)21-13-4-3-11(9-19)8-14(13)20-2/h3-8,19H,9H2,1-2H3. The lowest BCUT2D eigenvalue weighted by molar-refractivity contribution is 0.280. The van der Waals surface area contributed by atoms with E-state index in [9.17, 15) is 0 Å². The number of rotatable bonds is 4. The highest BCUT2D eigenvalue weighted by Crippen LogP contribution is 2.33. The number of fused-ring (bicyclic) bond motifs is 1. The Labute approximate surface area is 121 Å². The van der Waals surface area contributed by atoms with Gasteiger partial charge in [-0.05, 0) is 30.7 Å². The SMILES string of the molecule is COc1cc(CO)ccc1Oc1nccn2nc(C)cc12. The molecule has 0 unspecified atom stereocenters. The van der Waals surface area contributed by atoms with E-state index < -0.39 is 0 Å². The molecule has 0 aliphatic carbocycles. The molecule has 21 heavy (non-hydrogen) atoms. The van der Waals surface area contributed by atoms with E-state index in [1.54, 1.807) is 42.2 Å². The van der Waals surface area contributed by atoms with Crippen molar-refractivity contribution < 1.29 is 14.6 Å². The van der Waals surface area contributed by atoms with Crippen molar-refractivity contribution >= 4 is 5.52 Å². The number of hydrogen-bond donors (Lipinski definition) is 1. The average molecular weight is 285 g/mol. The Kier molecular flexibility index (Phi) is 3.45. The number of aliphatic hydroxyl groups is 1. The second-order valence-corrected chi connectivity index (χ2v) is 4.59. The lowest BCUT2D eigenvalue weighted by atomic mass is 10.2. The van der Waals surface area contributed by atoms with Gasteiger partial charge in [0.25, 0.3) is 0 Å². The van der Waals surface area contributed by atoms with E-state index in [0.717, 1.165) is 16.8 Å². The van der Waals surface area contributed by atoms with E-state index in [1.165, 1.54) is 0 Å². The van der Waals surface area contributed by atoms with Gasteiger partial charge in [-0.2, -0.15) is 5.10 Å². The molecule has 0 fully saturated rings. The van der Waals surface area contributed by atoms with Crippen LogP contribution in [-0.2, 0) is 6.61 Å². The van der Waals surface area contributed by atoms with E-state index in [1.807, 2.05) is 13.0 Å². The highest BCUT2D eigenvalue weighted by Gasteiger charge is 2.11. The predicted octanol–water partition coefficient (Wildman–Crippen LogP) is 2.33. The molecule has 1 aromatic carbocycles. The Bertz CT molecular complexity index is 783. The van der Waals surface area contributed by atoms with Crippen molar-refractivity contribution in [2.45, 2.75) is 13.5 Å². The van der Waals surface area contributed by atoms with Crippen molar-refractivity contribution in [2.75, 3.05) is 7.11 Å². The second kappa shape index (κ2) is 5.41. The molecule has 0 amide bonds. The maximum atomic E-state index is 9.16. The molecule has 0 saturated carbocycles. The molecule has 0 atom stereocenters. The topological polar surface area (TPSA) is 68.9 Å². The third-order valence-corrected chi connectivity index (χ3v) is 3.09. The summed E-state index contributed by atoms with van der Waals surface area (Å²) in [6, 6.07) is 7.16. The number of nitrogens with zero attached hydrogens (tertiary/aromatic N) is 3. The molecule has 1 N–H and O–H groups in total. The molecule has 108 valence electrons. The van der Waals surface area contributed by atoms with E-state index in [2.05, 4.69) is 10.1 Å². The van der Waals surface area contributed by atoms with E-state index in [-0.39, 0.29) is 6.61 Å². The molecule has 6 heteroatoms. The molecule has 0 spiro atoms. The van der Waals surface area contributed by atoms with E-state index in [0.29, 0.717) is 17.4 Å². The first kappa shape index (κ1) is 13.4. The van der Waals surface area contributed by atoms with Gasteiger partial charge in [0.2, 0.25) is 5.88 Å². The summed E-state index contributed by atoms with van der Waals surface area (Å²) in [6.45, 7) is 1.86. The summed E-state index contributed by atoms with van der Waals surface area (Å²) in [5.74, 6) is 1.53. The molecular formula is C15H15N3O3. The maximum Gasteiger partial charge on any atom is 0.245 e. The van der Waals surface area contributed by atoms with Crippen LogP contribution in [0.3, 0.4) is 0 Å². The van der Waals surface area contributed by atoms with Crippen molar-refractivity contribution in [2.24, 2.45) is 0 Å². The van der Waals surface area contributed by atoms with E-state index in [4.69, 9.17) is 14.6 Å². The summed E-state index contributed by atoms with van der Waals surface area (Å²) in [6.07, 6.45) is 3.39. The number of benzene rings is 1. The van der Waals surface area contributed by atoms with E-state index >= 15 is 0 Å². The molecule has 0 saturated heterocycles. The fraction of sp³-hybridized carbons (Fsp3) is 0.200. The van der Waals surface area contributed by atoms with Gasteiger partial charge in [-0.25, -0.2) is 9.50 Å². The van der Waals surface area contributed by atoms with Crippen molar-refractivity contribution in [3.05, 3.63) is 47.9 Å². The lowest BCUT2D eigenvalue weighted by Crippen LogP contribution is -1.96. The third kappa shape index (κ3) is 2.53. The lowest BCUT2D eigenvalue weighted by Gasteiger charge is -2.11. The average Bonchev–Trinajstić information content (AvgIpc) is 2.89. The van der Waals surface area contributed by atoms with Crippen LogP contribution in [0, 0.1) is 6.92 Å². The zero-order valence-electron chi connectivity index (χ0n) is 11.8. The molecule has 0 bridgehead atoms. The first-order valence-electron chi connectivity index (χ1n) is 6.48. The minimum absolute atomic E-state index is 0.0493. The molecule has 2 heterocycles. The van der Waals surface area contributed by atoms with Crippen molar-refractivity contribution in [3.8, 4) is 17.4 Å². The van der Waals surface area contributed by atoms with Crippen LogP contribution < -0.4 is 9.47 Å². The van der Waals surface area contributed by atoms with Crippen LogP contribution in [0.15, 0.2) is 36.7 Å².